The van der Waals surface area contributed by atoms with Crippen molar-refractivity contribution in [1.29, 1.82) is 0 Å². The summed E-state index contributed by atoms with van der Waals surface area (Å²) in [5.41, 5.74) is 2.35. The van der Waals surface area contributed by atoms with E-state index >= 15 is 0 Å². The molecule has 0 bridgehead atoms. The molecule has 33 heavy (non-hydrogen) atoms. The molecule has 0 aliphatic rings. The van der Waals surface area contributed by atoms with Crippen LogP contribution in [0.15, 0.2) is 34.9 Å². The van der Waals surface area contributed by atoms with Gasteiger partial charge < -0.3 is 19.2 Å². The summed E-state index contributed by atoms with van der Waals surface area (Å²) in [5, 5.41) is 16.5. The van der Waals surface area contributed by atoms with Crippen molar-refractivity contribution < 1.29 is 32.3 Å². The molecule has 0 aliphatic carbocycles. The average molecular weight is 476 g/mol. The fraction of sp³-hybridized carbons (Fsp3) is 0.333. The molecule has 5 nitrogen and oxygen atoms in total. The number of thiophene rings is 1. The Bertz CT molecular complexity index is 1340. The van der Waals surface area contributed by atoms with Crippen LogP contribution in [-0.2, 0) is 23.8 Å². The fourth-order valence-corrected chi connectivity index (χ4v) is 5.39. The molecular weight excluding hydrogens is 455 g/mol. The number of carboxylic acids is 1. The van der Waals surface area contributed by atoms with E-state index < -0.39 is 24.3 Å². The van der Waals surface area contributed by atoms with E-state index in [1.54, 1.807) is 19.1 Å². The molecule has 174 valence electrons. The standard InChI is InChI=1S/C24H22F3NO4S/c1-12(2)23-15-5-4-14(24(25,26)27)9-21(15)33-20(23)7-6-17-16-8-13(3)18(31-11-22(29)30)10-19(16)32-28-17/h4-5,8-10,12H,6-7,11H2,1-3H3,(H,29,30)/p-1. The number of hydrogen-bond donors (Lipinski definition) is 0. The first-order valence-electron chi connectivity index (χ1n) is 10.4. The van der Waals surface area contributed by atoms with E-state index in [1.807, 2.05) is 19.9 Å². The fourth-order valence-electron chi connectivity index (χ4n) is 3.99. The summed E-state index contributed by atoms with van der Waals surface area (Å²) in [6, 6.07) is 7.35. The second-order valence-electron chi connectivity index (χ2n) is 8.21. The van der Waals surface area contributed by atoms with Gasteiger partial charge in [-0.3, -0.25) is 0 Å². The number of hydrogen-bond acceptors (Lipinski definition) is 6. The van der Waals surface area contributed by atoms with Gasteiger partial charge >= 0.3 is 6.18 Å². The molecule has 0 saturated carbocycles. The Morgan fingerprint density at radius 2 is 1.94 bits per heavy atom. The van der Waals surface area contributed by atoms with Crippen LogP contribution >= 0.6 is 11.3 Å². The lowest BCUT2D eigenvalue weighted by Crippen LogP contribution is -2.29. The van der Waals surface area contributed by atoms with Gasteiger partial charge in [0.2, 0.25) is 0 Å². The van der Waals surface area contributed by atoms with Crippen LogP contribution in [0.4, 0.5) is 13.2 Å². The number of fused-ring (bicyclic) bond motifs is 2. The molecule has 0 spiro atoms. The highest BCUT2D eigenvalue weighted by atomic mass is 32.1. The normalized spacial score (nSPS) is 12.2. The number of ether oxygens (including phenoxy) is 1. The molecule has 0 aliphatic heterocycles. The van der Waals surface area contributed by atoms with Gasteiger partial charge in [0, 0.05) is 21.0 Å². The summed E-state index contributed by atoms with van der Waals surface area (Å²) in [4.78, 5) is 11.7. The predicted octanol–water partition coefficient (Wildman–Crippen LogP) is 5.41. The lowest BCUT2D eigenvalue weighted by Gasteiger charge is -2.10. The first kappa shape index (κ1) is 23.1. The lowest BCUT2D eigenvalue weighted by atomic mass is 9.96. The summed E-state index contributed by atoms with van der Waals surface area (Å²) in [6.45, 7) is 5.30. The van der Waals surface area contributed by atoms with E-state index in [4.69, 9.17) is 9.26 Å². The van der Waals surface area contributed by atoms with Crippen LogP contribution in [0.3, 0.4) is 0 Å². The van der Waals surface area contributed by atoms with E-state index in [-0.39, 0.29) is 5.92 Å². The highest BCUT2D eigenvalue weighted by molar-refractivity contribution is 7.19. The summed E-state index contributed by atoms with van der Waals surface area (Å²) in [5.74, 6) is -0.786. The van der Waals surface area contributed by atoms with E-state index in [9.17, 15) is 23.1 Å². The Morgan fingerprint density at radius 1 is 1.18 bits per heavy atom. The number of benzene rings is 2. The maximum Gasteiger partial charge on any atom is 0.416 e. The van der Waals surface area contributed by atoms with Crippen LogP contribution in [0, 0.1) is 6.92 Å². The number of halogens is 3. The van der Waals surface area contributed by atoms with Crippen molar-refractivity contribution in [3.8, 4) is 5.75 Å². The summed E-state index contributed by atoms with van der Waals surface area (Å²) >= 11 is 1.38. The Morgan fingerprint density at radius 3 is 2.61 bits per heavy atom. The van der Waals surface area contributed by atoms with E-state index in [2.05, 4.69) is 5.16 Å². The van der Waals surface area contributed by atoms with Gasteiger partial charge in [0.05, 0.1) is 17.2 Å². The third-order valence-electron chi connectivity index (χ3n) is 5.49. The lowest BCUT2D eigenvalue weighted by molar-refractivity contribution is -0.307. The Balaban J connectivity index is 1.63. The molecule has 0 atom stereocenters. The van der Waals surface area contributed by atoms with Crippen molar-refractivity contribution in [3.63, 3.8) is 0 Å². The van der Waals surface area contributed by atoms with Gasteiger partial charge in [-0.25, -0.2) is 0 Å². The molecule has 0 amide bonds. The zero-order chi connectivity index (χ0) is 23.9. The van der Waals surface area contributed by atoms with Gasteiger partial charge in [-0.15, -0.1) is 11.3 Å². The number of aromatic nitrogens is 1. The molecule has 2 heterocycles. The zero-order valence-electron chi connectivity index (χ0n) is 18.2. The number of carbonyl (C=O) groups excluding carboxylic acids is 1. The average Bonchev–Trinajstić information content (AvgIpc) is 3.29. The highest BCUT2D eigenvalue weighted by Gasteiger charge is 2.31. The number of aliphatic carboxylic acids is 1. The molecule has 9 heteroatoms. The van der Waals surface area contributed by atoms with Crippen LogP contribution in [0.2, 0.25) is 0 Å². The maximum atomic E-state index is 13.2. The van der Waals surface area contributed by atoms with Crippen molar-refractivity contribution in [2.75, 3.05) is 6.61 Å². The summed E-state index contributed by atoms with van der Waals surface area (Å²) in [7, 11) is 0. The van der Waals surface area contributed by atoms with Crippen LogP contribution in [-0.4, -0.2) is 17.7 Å². The third-order valence-corrected chi connectivity index (χ3v) is 6.71. The number of alkyl halides is 3. The summed E-state index contributed by atoms with van der Waals surface area (Å²) < 4.78 is 50.7. The first-order chi connectivity index (χ1) is 15.5. The molecule has 4 aromatic rings. The monoisotopic (exact) mass is 476 g/mol. The Labute approximate surface area is 191 Å². The number of nitrogens with zero attached hydrogens (tertiary/aromatic N) is 1. The van der Waals surface area contributed by atoms with Crippen LogP contribution in [0.1, 0.15) is 47.0 Å². The molecule has 2 aromatic carbocycles. The van der Waals surface area contributed by atoms with E-state index in [0.29, 0.717) is 28.9 Å². The van der Waals surface area contributed by atoms with Crippen molar-refractivity contribution in [2.45, 2.75) is 45.7 Å². The minimum Gasteiger partial charge on any atom is -0.546 e. The Kier molecular flexibility index (Phi) is 6.09. The van der Waals surface area contributed by atoms with Crippen LogP contribution < -0.4 is 9.84 Å². The number of carbonyl (C=O) groups is 1. The third kappa shape index (κ3) is 4.68. The van der Waals surface area contributed by atoms with Gasteiger partial charge in [-0.05, 0) is 60.4 Å². The molecule has 4 rings (SSSR count). The summed E-state index contributed by atoms with van der Waals surface area (Å²) in [6.07, 6.45) is -3.22. The van der Waals surface area contributed by atoms with Gasteiger partial charge in [0.1, 0.15) is 12.4 Å². The minimum absolute atomic E-state index is 0.158. The quantitative estimate of drug-likeness (QED) is 0.357. The van der Waals surface area contributed by atoms with Crippen molar-refractivity contribution >= 4 is 38.4 Å². The molecule has 0 radical (unpaired) electrons. The molecule has 0 N–H and O–H groups in total. The molecular formula is C24H21F3NO4S-. The minimum atomic E-state index is -4.38. The largest absolute Gasteiger partial charge is 0.546 e. The van der Waals surface area contributed by atoms with Crippen molar-refractivity contribution in [1.82, 2.24) is 5.16 Å². The molecule has 0 fully saturated rings. The van der Waals surface area contributed by atoms with Crippen LogP contribution in [0.5, 0.6) is 5.75 Å². The van der Waals surface area contributed by atoms with Gasteiger partial charge in [-0.2, -0.15) is 13.2 Å². The number of rotatable bonds is 7. The van der Waals surface area contributed by atoms with Crippen LogP contribution in [0.25, 0.3) is 21.1 Å². The number of carboxylic acid groups (broad SMARTS) is 1. The first-order valence-corrected chi connectivity index (χ1v) is 11.2. The maximum absolute atomic E-state index is 13.2. The second kappa shape index (κ2) is 8.70. The molecule has 0 saturated heterocycles. The molecule has 2 aromatic heterocycles. The highest BCUT2D eigenvalue weighted by Crippen LogP contribution is 2.40. The van der Waals surface area contributed by atoms with E-state index in [1.165, 1.54) is 17.4 Å². The smallest absolute Gasteiger partial charge is 0.416 e. The van der Waals surface area contributed by atoms with E-state index in [0.717, 1.165) is 38.5 Å². The van der Waals surface area contributed by atoms with Crippen molar-refractivity contribution in [3.05, 3.63) is 57.6 Å². The van der Waals surface area contributed by atoms with Crippen molar-refractivity contribution in [2.24, 2.45) is 0 Å². The second-order valence-corrected chi connectivity index (χ2v) is 9.34. The van der Waals surface area contributed by atoms with Gasteiger partial charge in [0.25, 0.3) is 0 Å². The topological polar surface area (TPSA) is 75.4 Å². The van der Waals surface area contributed by atoms with Gasteiger partial charge in [0.15, 0.2) is 5.58 Å². The molecule has 0 unspecified atom stereocenters. The Hall–Kier alpha value is -3.07. The number of aryl methyl sites for hydroxylation is 3. The predicted molar refractivity (Wildman–Crippen MR) is 118 cm³/mol. The zero-order valence-corrected chi connectivity index (χ0v) is 19.0. The SMILES string of the molecule is Cc1cc2c(CCc3sc4cc(C(F)(F)F)ccc4c3C(C)C)noc2cc1OCC(=O)[O-]. The van der Waals surface area contributed by atoms with Gasteiger partial charge in [-0.1, -0.05) is 25.1 Å².